The number of hydrogen-bond acceptors (Lipinski definition) is 3. The standard InChI is InChI=1S/C21H21F3N2O2/c1-28-19-7-3-6-15-16(19)8-9-26-18(15)11-17(25-12-20(26)27)13-4-2-5-14(10-13)21(22,23)24/h2,4-6,10,18H,3,7-9,11-12H2,1H3. The van der Waals surface area contributed by atoms with Gasteiger partial charge in [0.05, 0.1) is 24.5 Å². The molecule has 1 fully saturated rings. The third-order valence-electron chi connectivity index (χ3n) is 5.64. The number of halogens is 3. The summed E-state index contributed by atoms with van der Waals surface area (Å²) < 4.78 is 44.9. The van der Waals surface area contributed by atoms with Gasteiger partial charge in [-0.2, -0.15) is 13.2 Å². The van der Waals surface area contributed by atoms with Crippen molar-refractivity contribution in [2.24, 2.45) is 4.99 Å². The predicted molar refractivity (Wildman–Crippen MR) is 98.9 cm³/mol. The smallest absolute Gasteiger partial charge is 0.416 e. The molecule has 0 spiro atoms. The first-order valence-corrected chi connectivity index (χ1v) is 9.35. The number of carbonyl (C=O) groups excluding carboxylic acids is 1. The van der Waals surface area contributed by atoms with Gasteiger partial charge in [0.1, 0.15) is 6.54 Å². The summed E-state index contributed by atoms with van der Waals surface area (Å²) in [6, 6.07) is 4.98. The van der Waals surface area contributed by atoms with Gasteiger partial charge >= 0.3 is 6.18 Å². The maximum Gasteiger partial charge on any atom is 0.416 e. The van der Waals surface area contributed by atoms with Gasteiger partial charge in [-0.1, -0.05) is 18.2 Å². The molecule has 0 N–H and O–H groups in total. The highest BCUT2D eigenvalue weighted by Gasteiger charge is 2.38. The molecule has 1 unspecified atom stereocenters. The molecule has 28 heavy (non-hydrogen) atoms. The van der Waals surface area contributed by atoms with E-state index in [-0.39, 0.29) is 18.5 Å². The Morgan fingerprint density at radius 1 is 1.25 bits per heavy atom. The lowest BCUT2D eigenvalue weighted by molar-refractivity contribution is -0.137. The quantitative estimate of drug-likeness (QED) is 0.762. The lowest BCUT2D eigenvalue weighted by Gasteiger charge is -2.40. The van der Waals surface area contributed by atoms with E-state index < -0.39 is 11.7 Å². The van der Waals surface area contributed by atoms with Crippen LogP contribution in [0.3, 0.4) is 0 Å². The van der Waals surface area contributed by atoms with Gasteiger partial charge in [0.15, 0.2) is 0 Å². The second kappa shape index (κ2) is 7.11. The maximum atomic E-state index is 13.1. The number of amides is 1. The molecule has 1 saturated heterocycles. The Bertz CT molecular complexity index is 899. The second-order valence-corrected chi connectivity index (χ2v) is 7.20. The zero-order valence-electron chi connectivity index (χ0n) is 15.6. The Labute approximate surface area is 161 Å². The molecule has 2 aliphatic heterocycles. The highest BCUT2D eigenvalue weighted by atomic mass is 19.4. The monoisotopic (exact) mass is 390 g/mol. The summed E-state index contributed by atoms with van der Waals surface area (Å²) >= 11 is 0. The highest BCUT2D eigenvalue weighted by molar-refractivity contribution is 6.03. The van der Waals surface area contributed by atoms with Crippen LogP contribution in [0.15, 0.2) is 52.2 Å². The molecule has 1 aromatic carbocycles. The number of benzene rings is 1. The Balaban J connectivity index is 1.71. The largest absolute Gasteiger partial charge is 0.501 e. The molecule has 0 aromatic heterocycles. The van der Waals surface area contributed by atoms with Gasteiger partial charge in [-0.15, -0.1) is 0 Å². The Morgan fingerprint density at radius 3 is 2.82 bits per heavy atom. The van der Waals surface area contributed by atoms with E-state index in [1.165, 1.54) is 6.07 Å². The number of nitrogens with zero attached hydrogens (tertiary/aromatic N) is 2. The minimum absolute atomic E-state index is 0.0362. The van der Waals surface area contributed by atoms with Gasteiger partial charge in [0, 0.05) is 25.1 Å². The molecular weight excluding hydrogens is 369 g/mol. The number of methoxy groups -OCH3 is 1. The normalized spacial score (nSPS) is 22.8. The van der Waals surface area contributed by atoms with Crippen molar-refractivity contribution in [1.82, 2.24) is 4.90 Å². The van der Waals surface area contributed by atoms with Crippen molar-refractivity contribution in [2.75, 3.05) is 20.2 Å². The van der Waals surface area contributed by atoms with E-state index in [4.69, 9.17) is 4.74 Å². The maximum absolute atomic E-state index is 13.1. The molecule has 4 nitrogen and oxygen atoms in total. The van der Waals surface area contributed by atoms with Crippen LogP contribution in [0.4, 0.5) is 13.2 Å². The van der Waals surface area contributed by atoms with Crippen LogP contribution in [0.5, 0.6) is 0 Å². The molecule has 0 bridgehead atoms. The number of fused-ring (bicyclic) bond motifs is 3. The summed E-state index contributed by atoms with van der Waals surface area (Å²) in [5, 5.41) is 0. The molecule has 3 aliphatic rings. The Hall–Kier alpha value is -2.57. The van der Waals surface area contributed by atoms with Crippen molar-refractivity contribution in [1.29, 1.82) is 0 Å². The van der Waals surface area contributed by atoms with Crippen LogP contribution in [0, 0.1) is 0 Å². The first kappa shape index (κ1) is 18.8. The SMILES string of the molecule is COC1=C2CCN3C(=O)CN=C(c4cccc(C(F)(F)F)c4)CC3C2=CCC1. The van der Waals surface area contributed by atoms with Crippen molar-refractivity contribution >= 4 is 11.6 Å². The molecule has 0 radical (unpaired) electrons. The summed E-state index contributed by atoms with van der Waals surface area (Å²) in [5.74, 6) is 0.864. The van der Waals surface area contributed by atoms with Crippen molar-refractivity contribution in [2.45, 2.75) is 37.9 Å². The van der Waals surface area contributed by atoms with Gasteiger partial charge in [-0.25, -0.2) is 0 Å². The highest BCUT2D eigenvalue weighted by Crippen LogP contribution is 2.38. The van der Waals surface area contributed by atoms with Crippen LogP contribution in [0.1, 0.15) is 36.8 Å². The number of ether oxygens (including phenoxy) is 1. The van der Waals surface area contributed by atoms with Crippen LogP contribution >= 0.6 is 0 Å². The van der Waals surface area contributed by atoms with E-state index in [9.17, 15) is 18.0 Å². The van der Waals surface area contributed by atoms with E-state index in [2.05, 4.69) is 11.1 Å². The first-order valence-electron chi connectivity index (χ1n) is 9.35. The average molecular weight is 390 g/mol. The van der Waals surface area contributed by atoms with Gasteiger partial charge in [-0.3, -0.25) is 9.79 Å². The Kier molecular flexibility index (Phi) is 4.77. The summed E-state index contributed by atoms with van der Waals surface area (Å²) in [6.07, 6.45) is 0.525. The molecule has 1 aromatic rings. The van der Waals surface area contributed by atoms with Crippen LogP contribution < -0.4 is 0 Å². The topological polar surface area (TPSA) is 41.9 Å². The molecule has 1 aliphatic carbocycles. The minimum Gasteiger partial charge on any atom is -0.501 e. The molecule has 1 atom stereocenters. The lowest BCUT2D eigenvalue weighted by Crippen LogP contribution is -2.46. The number of alkyl halides is 3. The molecular formula is C21H21F3N2O2. The van der Waals surface area contributed by atoms with Crippen molar-refractivity contribution in [3.05, 3.63) is 58.4 Å². The van der Waals surface area contributed by atoms with Gasteiger partial charge in [0.2, 0.25) is 5.91 Å². The summed E-state index contributed by atoms with van der Waals surface area (Å²) in [7, 11) is 1.66. The van der Waals surface area contributed by atoms with Crippen molar-refractivity contribution in [3.63, 3.8) is 0 Å². The third-order valence-corrected chi connectivity index (χ3v) is 5.64. The fraction of sp³-hybridized carbons (Fsp3) is 0.429. The van der Waals surface area contributed by atoms with E-state index in [0.29, 0.717) is 24.2 Å². The molecule has 2 heterocycles. The zero-order valence-corrected chi connectivity index (χ0v) is 15.6. The van der Waals surface area contributed by atoms with E-state index >= 15 is 0 Å². The van der Waals surface area contributed by atoms with Crippen LogP contribution in [-0.4, -0.2) is 42.8 Å². The number of piperidine rings is 1. The molecule has 7 heteroatoms. The van der Waals surface area contributed by atoms with E-state index in [1.807, 2.05) is 4.90 Å². The number of aliphatic imine (C=N–C) groups is 1. The minimum atomic E-state index is -4.41. The molecule has 148 valence electrons. The zero-order chi connectivity index (χ0) is 19.9. The van der Waals surface area contributed by atoms with Crippen LogP contribution in [0.25, 0.3) is 0 Å². The van der Waals surface area contributed by atoms with Gasteiger partial charge in [-0.05, 0) is 41.7 Å². The van der Waals surface area contributed by atoms with E-state index in [1.54, 1.807) is 13.2 Å². The van der Waals surface area contributed by atoms with Gasteiger partial charge in [0.25, 0.3) is 0 Å². The lowest BCUT2D eigenvalue weighted by atomic mass is 9.82. The molecule has 0 saturated carbocycles. The fourth-order valence-electron chi connectivity index (χ4n) is 4.30. The number of hydrogen-bond donors (Lipinski definition) is 0. The van der Waals surface area contributed by atoms with E-state index in [0.717, 1.165) is 48.3 Å². The summed E-state index contributed by atoms with van der Waals surface area (Å²) in [5.41, 5.74) is 2.45. The van der Waals surface area contributed by atoms with Crippen molar-refractivity contribution in [3.8, 4) is 0 Å². The average Bonchev–Trinajstić information content (AvgIpc) is 2.86. The summed E-state index contributed by atoms with van der Waals surface area (Å²) in [6.45, 7) is 0.542. The molecule has 4 rings (SSSR count). The molecule has 1 amide bonds. The second-order valence-electron chi connectivity index (χ2n) is 7.20. The predicted octanol–water partition coefficient (Wildman–Crippen LogP) is 4.12. The van der Waals surface area contributed by atoms with Crippen molar-refractivity contribution < 1.29 is 22.7 Å². The number of allylic oxidation sites excluding steroid dienone is 2. The fourth-order valence-corrected chi connectivity index (χ4v) is 4.30. The number of rotatable bonds is 2. The van der Waals surface area contributed by atoms with Crippen LogP contribution in [-0.2, 0) is 15.7 Å². The van der Waals surface area contributed by atoms with Crippen LogP contribution in [0.2, 0.25) is 0 Å². The third kappa shape index (κ3) is 3.34. The summed E-state index contributed by atoms with van der Waals surface area (Å²) in [4.78, 5) is 18.8. The number of carbonyl (C=O) groups is 1. The Morgan fingerprint density at radius 2 is 2.07 bits per heavy atom. The first-order chi connectivity index (χ1) is 13.4. The van der Waals surface area contributed by atoms with Gasteiger partial charge < -0.3 is 9.64 Å².